The minimum absolute atomic E-state index is 0.418. The van der Waals surface area contributed by atoms with Crippen molar-refractivity contribution in [2.75, 3.05) is 33.2 Å². The fourth-order valence-electron chi connectivity index (χ4n) is 3.23. The number of hydrogen-bond donors (Lipinski definition) is 1. The Labute approximate surface area is 127 Å². The molecule has 0 amide bonds. The molecular formula is C17H26N2O2. The molecule has 1 N–H and O–H groups in total. The van der Waals surface area contributed by atoms with E-state index in [2.05, 4.69) is 49.8 Å². The molecule has 1 aliphatic rings. The monoisotopic (exact) mass is 290 g/mol. The summed E-state index contributed by atoms with van der Waals surface area (Å²) in [6.45, 7) is 9.79. The molecule has 1 aromatic carbocycles. The van der Waals surface area contributed by atoms with Crippen LogP contribution in [0.15, 0.2) is 12.1 Å². The molecule has 1 fully saturated rings. The minimum atomic E-state index is -0.709. The number of likely N-dealkylation sites (N-methyl/N-ethyl adjacent to an activating group) is 1. The van der Waals surface area contributed by atoms with Gasteiger partial charge in [-0.1, -0.05) is 17.7 Å². The van der Waals surface area contributed by atoms with E-state index >= 15 is 0 Å². The van der Waals surface area contributed by atoms with Gasteiger partial charge in [-0.3, -0.25) is 9.69 Å². The zero-order chi connectivity index (χ0) is 15.6. The van der Waals surface area contributed by atoms with Crippen molar-refractivity contribution < 1.29 is 9.90 Å². The topological polar surface area (TPSA) is 43.8 Å². The lowest BCUT2D eigenvalue weighted by Gasteiger charge is -2.36. The number of piperazine rings is 1. The molecule has 1 aliphatic heterocycles. The number of rotatable bonds is 4. The lowest BCUT2D eigenvalue weighted by molar-refractivity contribution is -0.144. The summed E-state index contributed by atoms with van der Waals surface area (Å²) in [6.07, 6.45) is 0.594. The van der Waals surface area contributed by atoms with Gasteiger partial charge in [0.15, 0.2) is 0 Å². The predicted octanol–water partition coefficient (Wildman–Crippen LogP) is 1.85. The molecule has 0 aromatic heterocycles. The number of aryl methyl sites for hydroxylation is 3. The molecule has 1 saturated heterocycles. The zero-order valence-corrected chi connectivity index (χ0v) is 13.5. The molecule has 21 heavy (non-hydrogen) atoms. The van der Waals surface area contributed by atoms with Gasteiger partial charge in [0.05, 0.1) is 0 Å². The number of carbonyl (C=O) groups is 1. The molecule has 0 radical (unpaired) electrons. The number of aliphatic carboxylic acids is 1. The summed E-state index contributed by atoms with van der Waals surface area (Å²) in [4.78, 5) is 16.1. The van der Waals surface area contributed by atoms with Crippen LogP contribution in [0.3, 0.4) is 0 Å². The van der Waals surface area contributed by atoms with E-state index in [4.69, 9.17) is 0 Å². The van der Waals surface area contributed by atoms with E-state index < -0.39 is 12.0 Å². The molecule has 0 aliphatic carbocycles. The van der Waals surface area contributed by atoms with Gasteiger partial charge in [0, 0.05) is 26.2 Å². The third-order valence-corrected chi connectivity index (χ3v) is 4.50. The van der Waals surface area contributed by atoms with Crippen molar-refractivity contribution in [1.29, 1.82) is 0 Å². The number of carboxylic acids is 1. The van der Waals surface area contributed by atoms with Crippen molar-refractivity contribution in [3.8, 4) is 0 Å². The first-order valence-corrected chi connectivity index (χ1v) is 7.60. The van der Waals surface area contributed by atoms with Crippen LogP contribution >= 0.6 is 0 Å². The molecular weight excluding hydrogens is 264 g/mol. The van der Waals surface area contributed by atoms with E-state index in [1.54, 1.807) is 0 Å². The molecule has 1 atom stereocenters. The summed E-state index contributed by atoms with van der Waals surface area (Å²) < 4.78 is 0. The van der Waals surface area contributed by atoms with E-state index in [9.17, 15) is 9.90 Å². The van der Waals surface area contributed by atoms with Crippen molar-refractivity contribution in [2.24, 2.45) is 0 Å². The Morgan fingerprint density at radius 3 is 2.14 bits per heavy atom. The van der Waals surface area contributed by atoms with Crippen molar-refractivity contribution in [1.82, 2.24) is 9.80 Å². The molecule has 0 spiro atoms. The van der Waals surface area contributed by atoms with Crippen LogP contribution in [0.1, 0.15) is 22.3 Å². The van der Waals surface area contributed by atoms with E-state index in [1.807, 2.05) is 0 Å². The van der Waals surface area contributed by atoms with Gasteiger partial charge in [0.1, 0.15) is 6.04 Å². The lowest BCUT2D eigenvalue weighted by Crippen LogP contribution is -2.52. The Hall–Kier alpha value is -1.39. The fraction of sp³-hybridized carbons (Fsp3) is 0.588. The maximum Gasteiger partial charge on any atom is 0.321 e. The minimum Gasteiger partial charge on any atom is -0.480 e. The second-order valence-corrected chi connectivity index (χ2v) is 6.27. The van der Waals surface area contributed by atoms with Crippen LogP contribution in [0.5, 0.6) is 0 Å². The summed E-state index contributed by atoms with van der Waals surface area (Å²) in [5.74, 6) is -0.709. The Morgan fingerprint density at radius 1 is 1.14 bits per heavy atom. The van der Waals surface area contributed by atoms with Crippen LogP contribution in [-0.2, 0) is 11.2 Å². The summed E-state index contributed by atoms with van der Waals surface area (Å²) in [5.41, 5.74) is 4.83. The van der Waals surface area contributed by atoms with Gasteiger partial charge in [0.25, 0.3) is 0 Å². The summed E-state index contributed by atoms with van der Waals surface area (Å²) in [5, 5.41) is 9.63. The van der Waals surface area contributed by atoms with Crippen LogP contribution in [0.25, 0.3) is 0 Å². The summed E-state index contributed by atoms with van der Waals surface area (Å²) in [7, 11) is 2.08. The van der Waals surface area contributed by atoms with Crippen LogP contribution in [0.2, 0.25) is 0 Å². The second-order valence-electron chi connectivity index (χ2n) is 6.27. The Kier molecular flexibility index (Phi) is 5.01. The van der Waals surface area contributed by atoms with Gasteiger partial charge >= 0.3 is 5.97 Å². The van der Waals surface area contributed by atoms with Gasteiger partial charge in [-0.25, -0.2) is 0 Å². The zero-order valence-electron chi connectivity index (χ0n) is 13.5. The average Bonchev–Trinajstić information content (AvgIpc) is 2.39. The summed E-state index contributed by atoms with van der Waals surface area (Å²) in [6, 6.07) is 3.87. The molecule has 0 unspecified atom stereocenters. The van der Waals surface area contributed by atoms with Gasteiger partial charge < -0.3 is 10.0 Å². The fourth-order valence-corrected chi connectivity index (χ4v) is 3.23. The van der Waals surface area contributed by atoms with Crippen molar-refractivity contribution >= 4 is 5.97 Å². The van der Waals surface area contributed by atoms with E-state index in [1.165, 1.54) is 22.3 Å². The molecule has 1 aromatic rings. The van der Waals surface area contributed by atoms with Gasteiger partial charge in [-0.15, -0.1) is 0 Å². The smallest absolute Gasteiger partial charge is 0.321 e. The third-order valence-electron chi connectivity index (χ3n) is 4.50. The standard InChI is InChI=1S/C17H26N2O2/c1-12-9-13(2)15(14(3)10-12)11-16(17(20)21)19-7-5-18(4)6-8-19/h9-10,16H,5-8,11H2,1-4H3,(H,20,21)/t16-/m1/s1. The Balaban J connectivity index is 2.19. The number of hydrogen-bond acceptors (Lipinski definition) is 3. The first kappa shape index (κ1) is 16.0. The van der Waals surface area contributed by atoms with Crippen molar-refractivity contribution in [2.45, 2.75) is 33.2 Å². The lowest BCUT2D eigenvalue weighted by atomic mass is 9.93. The maximum atomic E-state index is 11.7. The molecule has 0 bridgehead atoms. The molecule has 4 heteroatoms. The molecule has 4 nitrogen and oxygen atoms in total. The normalized spacial score (nSPS) is 18.7. The van der Waals surface area contributed by atoms with E-state index in [0.717, 1.165) is 26.2 Å². The average molecular weight is 290 g/mol. The second kappa shape index (κ2) is 6.58. The van der Waals surface area contributed by atoms with Crippen LogP contribution in [0, 0.1) is 20.8 Å². The van der Waals surface area contributed by atoms with E-state index in [0.29, 0.717) is 6.42 Å². The van der Waals surface area contributed by atoms with Crippen molar-refractivity contribution in [3.63, 3.8) is 0 Å². The highest BCUT2D eigenvalue weighted by atomic mass is 16.4. The predicted molar refractivity (Wildman–Crippen MR) is 84.9 cm³/mol. The molecule has 1 heterocycles. The van der Waals surface area contributed by atoms with Gasteiger partial charge in [-0.2, -0.15) is 0 Å². The molecule has 2 rings (SSSR count). The summed E-state index contributed by atoms with van der Waals surface area (Å²) >= 11 is 0. The first-order chi connectivity index (χ1) is 9.88. The highest BCUT2D eigenvalue weighted by Gasteiger charge is 2.29. The number of nitrogens with zero attached hydrogens (tertiary/aromatic N) is 2. The van der Waals surface area contributed by atoms with Gasteiger partial charge in [-0.05, 0) is 50.9 Å². The molecule has 116 valence electrons. The Bertz CT molecular complexity index is 497. The Morgan fingerprint density at radius 2 is 1.67 bits per heavy atom. The maximum absolute atomic E-state index is 11.7. The van der Waals surface area contributed by atoms with Crippen LogP contribution < -0.4 is 0 Å². The highest BCUT2D eigenvalue weighted by molar-refractivity contribution is 5.74. The highest BCUT2D eigenvalue weighted by Crippen LogP contribution is 2.20. The third kappa shape index (κ3) is 3.83. The first-order valence-electron chi connectivity index (χ1n) is 7.60. The van der Waals surface area contributed by atoms with Crippen molar-refractivity contribution in [3.05, 3.63) is 34.4 Å². The van der Waals surface area contributed by atoms with E-state index in [-0.39, 0.29) is 0 Å². The SMILES string of the molecule is Cc1cc(C)c(C[C@H](C(=O)O)N2CCN(C)CC2)c(C)c1. The van der Waals surface area contributed by atoms with Gasteiger partial charge in [0.2, 0.25) is 0 Å². The molecule has 0 saturated carbocycles. The number of carboxylic acid groups (broad SMARTS) is 1. The van der Waals surface area contributed by atoms with Crippen LogP contribution in [-0.4, -0.2) is 60.1 Å². The largest absolute Gasteiger partial charge is 0.480 e. The van der Waals surface area contributed by atoms with Crippen LogP contribution in [0.4, 0.5) is 0 Å². The quantitative estimate of drug-likeness (QED) is 0.919. The number of benzene rings is 1.